The van der Waals surface area contributed by atoms with Crippen molar-refractivity contribution in [2.75, 3.05) is 0 Å². The van der Waals surface area contributed by atoms with E-state index in [4.69, 9.17) is 4.74 Å². The van der Waals surface area contributed by atoms with Crippen molar-refractivity contribution >= 4 is 5.78 Å². The van der Waals surface area contributed by atoms with Crippen molar-refractivity contribution in [2.24, 2.45) is 29.6 Å². The number of fused-ring (bicyclic) bond motifs is 2. The van der Waals surface area contributed by atoms with Crippen molar-refractivity contribution in [1.82, 2.24) is 4.98 Å². The maximum absolute atomic E-state index is 13.7. The van der Waals surface area contributed by atoms with Gasteiger partial charge in [-0.25, -0.2) is 0 Å². The van der Waals surface area contributed by atoms with Gasteiger partial charge in [-0.15, -0.1) is 0 Å². The predicted molar refractivity (Wildman–Crippen MR) is 113 cm³/mol. The van der Waals surface area contributed by atoms with Gasteiger partial charge in [-0.2, -0.15) is 0 Å². The van der Waals surface area contributed by atoms with Crippen LogP contribution in [0.1, 0.15) is 61.9 Å². The molecule has 4 N–H and O–H groups in total. The van der Waals surface area contributed by atoms with E-state index in [2.05, 4.69) is 24.1 Å². The van der Waals surface area contributed by atoms with Gasteiger partial charge in [0.2, 0.25) is 0 Å². The fraction of sp³-hybridized carbons (Fsp3) is 0.667. The Morgan fingerprint density at radius 3 is 2.77 bits per heavy atom. The Hall–Kier alpha value is -1.96. The van der Waals surface area contributed by atoms with E-state index in [1.54, 1.807) is 0 Å². The first kappa shape index (κ1) is 20.9. The van der Waals surface area contributed by atoms with Crippen LogP contribution in [0.3, 0.4) is 0 Å². The van der Waals surface area contributed by atoms with Crippen LogP contribution in [0.4, 0.5) is 0 Å². The minimum absolute atomic E-state index is 0.0336. The quantitative estimate of drug-likeness (QED) is 0.332. The first-order chi connectivity index (χ1) is 14.7. The normalized spacial score (nSPS) is 43.7. The number of epoxide rings is 1. The number of carbonyl (C=O) groups excluding carboxylic acids is 1. The summed E-state index contributed by atoms with van der Waals surface area (Å²) >= 11 is 0. The lowest BCUT2D eigenvalue weighted by Gasteiger charge is -2.42. The molecule has 3 fully saturated rings. The highest BCUT2D eigenvalue weighted by Gasteiger charge is 2.62. The fourth-order valence-electron chi connectivity index (χ4n) is 6.39. The van der Waals surface area contributed by atoms with Crippen LogP contribution in [0, 0.1) is 29.6 Å². The number of ketones is 1. The number of carbonyl (C=O) groups is 1. The van der Waals surface area contributed by atoms with Gasteiger partial charge in [-0.1, -0.05) is 32.4 Å². The summed E-state index contributed by atoms with van der Waals surface area (Å²) in [6.07, 6.45) is 7.25. The number of ether oxygens (including phenoxy) is 1. The van der Waals surface area contributed by atoms with E-state index in [9.17, 15) is 24.9 Å². The van der Waals surface area contributed by atoms with Crippen LogP contribution in [0.5, 0.6) is 5.75 Å². The van der Waals surface area contributed by atoms with Gasteiger partial charge < -0.3 is 25.0 Å². The summed E-state index contributed by atoms with van der Waals surface area (Å²) < 4.78 is 5.46. The third kappa shape index (κ3) is 3.20. The molecule has 0 radical (unpaired) electrons. The Kier molecular flexibility index (Phi) is 4.92. The zero-order valence-corrected chi connectivity index (χ0v) is 18.0. The second kappa shape index (κ2) is 7.29. The zero-order chi connectivity index (χ0) is 22.1. The average Bonchev–Trinajstić information content (AvgIpc) is 3.53. The molecular formula is C24H31NO6. The van der Waals surface area contributed by atoms with Crippen molar-refractivity contribution in [3.63, 3.8) is 0 Å². The lowest BCUT2D eigenvalue weighted by atomic mass is 9.61. The van der Waals surface area contributed by atoms with Gasteiger partial charge in [0.1, 0.15) is 29.1 Å². The lowest BCUT2D eigenvalue weighted by molar-refractivity contribution is -0.0231. The van der Waals surface area contributed by atoms with Crippen LogP contribution < -0.4 is 5.56 Å². The summed E-state index contributed by atoms with van der Waals surface area (Å²) in [5.41, 5.74) is -2.35. The third-order valence-corrected chi connectivity index (χ3v) is 8.19. The van der Waals surface area contributed by atoms with E-state index < -0.39 is 35.2 Å². The third-order valence-electron chi connectivity index (χ3n) is 8.19. The number of allylic oxidation sites excluding steroid dienone is 2. The van der Waals surface area contributed by atoms with Gasteiger partial charge in [-0.05, 0) is 49.4 Å². The number of aromatic nitrogens is 1. The Labute approximate surface area is 181 Å². The largest absolute Gasteiger partial charge is 0.507 e. The molecule has 7 nitrogen and oxygen atoms in total. The molecule has 0 bridgehead atoms. The van der Waals surface area contributed by atoms with E-state index in [0.717, 1.165) is 19.3 Å². The number of nitrogens with one attached hydrogen (secondary N) is 1. The highest BCUT2D eigenvalue weighted by atomic mass is 16.6. The van der Waals surface area contributed by atoms with Gasteiger partial charge in [0.05, 0.1) is 6.10 Å². The van der Waals surface area contributed by atoms with Crippen LogP contribution in [0.15, 0.2) is 23.1 Å². The molecule has 0 unspecified atom stereocenters. The van der Waals surface area contributed by atoms with E-state index in [1.807, 2.05) is 6.92 Å². The highest BCUT2D eigenvalue weighted by Crippen LogP contribution is 2.52. The molecule has 1 aliphatic heterocycles. The van der Waals surface area contributed by atoms with Crippen molar-refractivity contribution in [2.45, 2.75) is 69.9 Å². The molecule has 2 saturated carbocycles. The second-order valence-corrected chi connectivity index (χ2v) is 10.2. The summed E-state index contributed by atoms with van der Waals surface area (Å²) in [6.45, 7) is 4.22. The Morgan fingerprint density at radius 2 is 2.00 bits per heavy atom. The van der Waals surface area contributed by atoms with Crippen LogP contribution in [-0.4, -0.2) is 44.4 Å². The monoisotopic (exact) mass is 429 g/mol. The second-order valence-electron chi connectivity index (χ2n) is 10.2. The smallest absolute Gasteiger partial charge is 0.262 e. The highest BCUT2D eigenvalue weighted by molar-refractivity contribution is 6.00. The number of H-pyrrole nitrogens is 1. The molecule has 168 valence electrons. The number of aliphatic hydroxyl groups is 2. The number of aromatic hydroxyl groups is 1. The first-order valence-corrected chi connectivity index (χ1v) is 11.5. The summed E-state index contributed by atoms with van der Waals surface area (Å²) in [4.78, 5) is 29.0. The van der Waals surface area contributed by atoms with E-state index in [0.29, 0.717) is 18.3 Å². The Balaban J connectivity index is 1.52. The van der Waals surface area contributed by atoms with Crippen LogP contribution in [-0.2, 0) is 10.3 Å². The Morgan fingerprint density at radius 1 is 1.23 bits per heavy atom. The number of hydrogen-bond donors (Lipinski definition) is 4. The molecule has 4 aliphatic rings. The van der Waals surface area contributed by atoms with E-state index in [1.165, 1.54) is 6.20 Å². The molecule has 1 aromatic heterocycles. The molecule has 2 heterocycles. The first-order valence-electron chi connectivity index (χ1n) is 11.5. The number of rotatable bonds is 3. The summed E-state index contributed by atoms with van der Waals surface area (Å²) in [6, 6.07) is 0. The molecule has 1 aromatic rings. The minimum Gasteiger partial charge on any atom is -0.507 e. The molecule has 5 rings (SSSR count). The van der Waals surface area contributed by atoms with Crippen molar-refractivity contribution in [3.8, 4) is 5.75 Å². The van der Waals surface area contributed by atoms with Crippen LogP contribution in [0.2, 0.25) is 0 Å². The van der Waals surface area contributed by atoms with E-state index in [-0.39, 0.29) is 41.1 Å². The molecule has 1 saturated heterocycles. The van der Waals surface area contributed by atoms with Crippen LogP contribution in [0.25, 0.3) is 0 Å². The summed E-state index contributed by atoms with van der Waals surface area (Å²) in [5, 5.41) is 32.3. The standard InChI is InChI=1S/C24H31NO6/c1-11-3-6-14-13(9-11)5-4-12(2)17(14)20(28)18-19(27)15(10-25-23(18)29)24(30)8-7-16(26)21-22(24)31-21/h4-5,10-14,16-17,21-22,26,30H,3,6-9H2,1-2H3,(H2,25,27,29)/t11-,12-,13-,14-,16+,17-,21+,22+,24+/m0/s1. The van der Waals surface area contributed by atoms with Gasteiger partial charge in [-0.3, -0.25) is 9.59 Å². The van der Waals surface area contributed by atoms with Gasteiger partial charge in [0.25, 0.3) is 5.56 Å². The molecule has 31 heavy (non-hydrogen) atoms. The van der Waals surface area contributed by atoms with E-state index >= 15 is 0 Å². The minimum atomic E-state index is -1.55. The molecule has 0 spiro atoms. The topological polar surface area (TPSA) is 123 Å². The van der Waals surface area contributed by atoms with Crippen molar-refractivity contribution in [3.05, 3.63) is 39.8 Å². The average molecular weight is 430 g/mol. The van der Waals surface area contributed by atoms with Gasteiger partial charge in [0.15, 0.2) is 5.78 Å². The summed E-state index contributed by atoms with van der Waals surface area (Å²) in [5.74, 6) is -0.152. The number of Topliss-reactive ketones (excluding diaryl/α,β-unsaturated/α-hetero) is 1. The number of pyridine rings is 1. The van der Waals surface area contributed by atoms with Gasteiger partial charge in [0, 0.05) is 17.7 Å². The van der Waals surface area contributed by atoms with Crippen molar-refractivity contribution < 1.29 is 24.9 Å². The fourth-order valence-corrected chi connectivity index (χ4v) is 6.39. The van der Waals surface area contributed by atoms with Gasteiger partial charge >= 0.3 is 0 Å². The molecule has 3 aliphatic carbocycles. The molecule has 7 heteroatoms. The Bertz CT molecular complexity index is 985. The van der Waals surface area contributed by atoms with Crippen molar-refractivity contribution in [1.29, 1.82) is 0 Å². The lowest BCUT2D eigenvalue weighted by Crippen LogP contribution is -2.43. The molecule has 0 amide bonds. The number of hydrogen-bond acceptors (Lipinski definition) is 6. The maximum Gasteiger partial charge on any atom is 0.262 e. The molecular weight excluding hydrogens is 398 g/mol. The number of aromatic amines is 1. The maximum atomic E-state index is 13.7. The molecule has 9 atom stereocenters. The summed E-state index contributed by atoms with van der Waals surface area (Å²) in [7, 11) is 0. The zero-order valence-electron chi connectivity index (χ0n) is 18.0. The number of aliphatic hydroxyl groups excluding tert-OH is 1. The molecule has 0 aromatic carbocycles. The van der Waals surface area contributed by atoms with Crippen LogP contribution >= 0.6 is 0 Å². The predicted octanol–water partition coefficient (Wildman–Crippen LogP) is 2.25. The SMILES string of the molecule is C[C@H]1CC[C@@H]2[C@@H](C(=O)c3c(O)c([C@]4(O)CC[C@@H](O)[C@H]5O[C@H]54)c[nH]c3=O)[C@@H](C)C=C[C@H]2C1.